The summed E-state index contributed by atoms with van der Waals surface area (Å²) in [5.41, 5.74) is 0.968. The minimum atomic E-state index is -0.811. The number of carbonyl (C=O) groups excluding carboxylic acids is 1. The predicted octanol–water partition coefficient (Wildman–Crippen LogP) is 2.00. The second-order valence-corrected chi connectivity index (χ2v) is 5.64. The Morgan fingerprint density at radius 1 is 1.27 bits per heavy atom. The molecule has 0 spiro atoms. The number of nitrogens with zero attached hydrogens (tertiary/aromatic N) is 2. The first kappa shape index (κ1) is 16.5. The molecule has 1 aliphatic heterocycles. The zero-order chi connectivity index (χ0) is 16.1. The van der Waals surface area contributed by atoms with Gasteiger partial charge in [-0.1, -0.05) is 44.2 Å². The van der Waals surface area contributed by atoms with E-state index in [1.165, 1.54) is 0 Å². The van der Waals surface area contributed by atoms with Crippen molar-refractivity contribution in [2.24, 2.45) is 5.92 Å². The van der Waals surface area contributed by atoms with Gasteiger partial charge >= 0.3 is 5.97 Å². The topological polar surface area (TPSA) is 60.9 Å². The minimum absolute atomic E-state index is 0.0126. The maximum absolute atomic E-state index is 13.0. The maximum atomic E-state index is 13.0. The molecule has 0 unspecified atom stereocenters. The molecule has 1 N–H and O–H groups in total. The lowest BCUT2D eigenvalue weighted by atomic mass is 10.0. The Labute approximate surface area is 131 Å². The monoisotopic (exact) mass is 304 g/mol. The molecular formula is C17H24N2O3. The van der Waals surface area contributed by atoms with E-state index in [9.17, 15) is 9.59 Å². The number of likely N-dealkylation sites (N-methyl/N-ethyl adjacent to an activating group) is 1. The molecular weight excluding hydrogens is 280 g/mol. The summed E-state index contributed by atoms with van der Waals surface area (Å²) in [5.74, 6) is -1.23. The van der Waals surface area contributed by atoms with Crippen molar-refractivity contribution in [3.63, 3.8) is 0 Å². The largest absolute Gasteiger partial charge is 0.481 e. The van der Waals surface area contributed by atoms with E-state index in [-0.39, 0.29) is 11.9 Å². The third kappa shape index (κ3) is 3.47. The standard InChI is InChI=1S/C17H24N2O3/c1-3-18(4-2)15(13-8-6-5-7-9-13)16(20)19-11-10-14(12-19)17(21)22/h5-9,14-15H,3-4,10-12H2,1-2H3,(H,21,22)/t14-,15-/m0/s1. The second kappa shape index (κ2) is 7.40. The van der Waals surface area contributed by atoms with Gasteiger partial charge in [-0.05, 0) is 25.1 Å². The zero-order valence-electron chi connectivity index (χ0n) is 13.2. The Morgan fingerprint density at radius 3 is 2.41 bits per heavy atom. The van der Waals surface area contributed by atoms with Crippen molar-refractivity contribution < 1.29 is 14.7 Å². The van der Waals surface area contributed by atoms with Gasteiger partial charge in [-0.3, -0.25) is 14.5 Å². The first-order valence-corrected chi connectivity index (χ1v) is 7.89. The molecule has 1 heterocycles. The van der Waals surface area contributed by atoms with Gasteiger partial charge in [0.15, 0.2) is 0 Å². The molecule has 1 aromatic carbocycles. The number of hydrogen-bond acceptors (Lipinski definition) is 3. The van der Waals surface area contributed by atoms with Crippen LogP contribution in [-0.2, 0) is 9.59 Å². The molecule has 0 saturated carbocycles. The van der Waals surface area contributed by atoms with E-state index in [0.29, 0.717) is 19.5 Å². The van der Waals surface area contributed by atoms with E-state index in [2.05, 4.69) is 4.90 Å². The summed E-state index contributed by atoms with van der Waals surface area (Å²) < 4.78 is 0. The van der Waals surface area contributed by atoms with Gasteiger partial charge < -0.3 is 10.0 Å². The van der Waals surface area contributed by atoms with Crippen molar-refractivity contribution in [2.75, 3.05) is 26.2 Å². The first-order chi connectivity index (χ1) is 10.6. The third-order valence-corrected chi connectivity index (χ3v) is 4.38. The fourth-order valence-electron chi connectivity index (χ4n) is 3.07. The Morgan fingerprint density at radius 2 is 1.91 bits per heavy atom. The predicted molar refractivity (Wildman–Crippen MR) is 84.4 cm³/mol. The van der Waals surface area contributed by atoms with Gasteiger partial charge in [0.05, 0.1) is 5.92 Å². The molecule has 5 nitrogen and oxygen atoms in total. The number of benzene rings is 1. The molecule has 5 heteroatoms. The van der Waals surface area contributed by atoms with Crippen LogP contribution in [0, 0.1) is 5.92 Å². The summed E-state index contributed by atoms with van der Waals surface area (Å²) in [5, 5.41) is 9.12. The molecule has 1 aromatic rings. The lowest BCUT2D eigenvalue weighted by Gasteiger charge is -2.32. The molecule has 120 valence electrons. The number of aliphatic carboxylic acids is 1. The van der Waals surface area contributed by atoms with E-state index in [4.69, 9.17) is 5.11 Å². The molecule has 0 aliphatic carbocycles. The summed E-state index contributed by atoms with van der Waals surface area (Å²) in [4.78, 5) is 27.9. The molecule has 1 amide bonds. The Kier molecular flexibility index (Phi) is 5.55. The van der Waals surface area contributed by atoms with Crippen LogP contribution in [0.5, 0.6) is 0 Å². The van der Waals surface area contributed by atoms with Crippen LogP contribution in [-0.4, -0.2) is 53.0 Å². The number of hydrogen-bond donors (Lipinski definition) is 1. The summed E-state index contributed by atoms with van der Waals surface area (Å²) in [6, 6.07) is 9.40. The van der Waals surface area contributed by atoms with E-state index in [1.54, 1.807) is 4.90 Å². The number of carbonyl (C=O) groups is 2. The molecule has 2 rings (SSSR count). The van der Waals surface area contributed by atoms with Crippen molar-refractivity contribution in [2.45, 2.75) is 26.3 Å². The summed E-state index contributed by atoms with van der Waals surface area (Å²) in [6.07, 6.45) is 0.542. The van der Waals surface area contributed by atoms with Crippen LogP contribution < -0.4 is 0 Å². The highest BCUT2D eigenvalue weighted by molar-refractivity contribution is 5.84. The second-order valence-electron chi connectivity index (χ2n) is 5.64. The highest BCUT2D eigenvalue weighted by atomic mass is 16.4. The van der Waals surface area contributed by atoms with Crippen LogP contribution >= 0.6 is 0 Å². The van der Waals surface area contributed by atoms with Crippen LogP contribution in [0.2, 0.25) is 0 Å². The van der Waals surface area contributed by atoms with Crippen LogP contribution in [0.4, 0.5) is 0 Å². The van der Waals surface area contributed by atoms with Gasteiger partial charge in [0.2, 0.25) is 5.91 Å². The van der Waals surface area contributed by atoms with Crippen molar-refractivity contribution in [1.29, 1.82) is 0 Å². The van der Waals surface area contributed by atoms with Crippen molar-refractivity contribution in [3.8, 4) is 0 Å². The number of likely N-dealkylation sites (tertiary alicyclic amines) is 1. The molecule has 0 radical (unpaired) electrons. The Balaban J connectivity index is 2.22. The van der Waals surface area contributed by atoms with Gasteiger partial charge in [0, 0.05) is 13.1 Å². The third-order valence-electron chi connectivity index (χ3n) is 4.38. The number of carboxylic acid groups (broad SMARTS) is 1. The quantitative estimate of drug-likeness (QED) is 0.873. The fourth-order valence-corrected chi connectivity index (χ4v) is 3.07. The molecule has 0 bridgehead atoms. The average molecular weight is 304 g/mol. The van der Waals surface area contributed by atoms with E-state index < -0.39 is 11.9 Å². The van der Waals surface area contributed by atoms with E-state index >= 15 is 0 Å². The zero-order valence-corrected chi connectivity index (χ0v) is 13.2. The summed E-state index contributed by atoms with van der Waals surface area (Å²) in [7, 11) is 0. The van der Waals surface area contributed by atoms with Crippen LogP contribution in [0.1, 0.15) is 31.9 Å². The Bertz CT molecular complexity index is 514. The minimum Gasteiger partial charge on any atom is -0.481 e. The van der Waals surface area contributed by atoms with Gasteiger partial charge in [-0.2, -0.15) is 0 Å². The molecule has 1 saturated heterocycles. The molecule has 22 heavy (non-hydrogen) atoms. The summed E-state index contributed by atoms with van der Waals surface area (Å²) >= 11 is 0. The molecule has 2 atom stereocenters. The summed E-state index contributed by atoms with van der Waals surface area (Å²) in [6.45, 7) is 6.47. The molecule has 1 fully saturated rings. The average Bonchev–Trinajstić information content (AvgIpc) is 3.03. The van der Waals surface area contributed by atoms with Gasteiger partial charge in [-0.15, -0.1) is 0 Å². The van der Waals surface area contributed by atoms with E-state index in [0.717, 1.165) is 18.7 Å². The normalized spacial score (nSPS) is 19.4. The lowest BCUT2D eigenvalue weighted by Crippen LogP contribution is -2.42. The van der Waals surface area contributed by atoms with Crippen molar-refractivity contribution in [1.82, 2.24) is 9.80 Å². The SMILES string of the molecule is CCN(CC)[C@H](C(=O)N1CC[C@H](C(=O)O)C1)c1ccccc1. The molecule has 1 aliphatic rings. The lowest BCUT2D eigenvalue weighted by molar-refractivity contribution is -0.141. The smallest absolute Gasteiger partial charge is 0.308 e. The Hall–Kier alpha value is -1.88. The first-order valence-electron chi connectivity index (χ1n) is 7.89. The molecule has 0 aromatic heterocycles. The number of carboxylic acids is 1. The highest BCUT2D eigenvalue weighted by Crippen LogP contribution is 2.26. The van der Waals surface area contributed by atoms with Gasteiger partial charge in [0.1, 0.15) is 6.04 Å². The van der Waals surface area contributed by atoms with Crippen LogP contribution in [0.25, 0.3) is 0 Å². The van der Waals surface area contributed by atoms with Gasteiger partial charge in [-0.25, -0.2) is 0 Å². The fraction of sp³-hybridized carbons (Fsp3) is 0.529. The number of amides is 1. The van der Waals surface area contributed by atoms with Crippen LogP contribution in [0.3, 0.4) is 0 Å². The van der Waals surface area contributed by atoms with Gasteiger partial charge in [0.25, 0.3) is 0 Å². The van der Waals surface area contributed by atoms with Crippen LogP contribution in [0.15, 0.2) is 30.3 Å². The van der Waals surface area contributed by atoms with Crippen molar-refractivity contribution in [3.05, 3.63) is 35.9 Å². The number of rotatable bonds is 6. The highest BCUT2D eigenvalue weighted by Gasteiger charge is 2.36. The van der Waals surface area contributed by atoms with Crippen molar-refractivity contribution >= 4 is 11.9 Å². The van der Waals surface area contributed by atoms with E-state index in [1.807, 2.05) is 44.2 Å². The maximum Gasteiger partial charge on any atom is 0.308 e.